The summed E-state index contributed by atoms with van der Waals surface area (Å²) in [6.07, 6.45) is 6.03. The smallest absolute Gasteiger partial charge is 0.191 e. The Bertz CT molecular complexity index is 631. The van der Waals surface area contributed by atoms with Gasteiger partial charge in [-0.2, -0.15) is 0 Å². The van der Waals surface area contributed by atoms with Crippen molar-refractivity contribution in [2.24, 2.45) is 10.9 Å². The van der Waals surface area contributed by atoms with Crippen LogP contribution >= 0.6 is 24.0 Å². The van der Waals surface area contributed by atoms with Gasteiger partial charge in [0.2, 0.25) is 0 Å². The monoisotopic (exact) mass is 530 g/mol. The predicted octanol–water partition coefficient (Wildman–Crippen LogP) is 3.65. The van der Waals surface area contributed by atoms with Gasteiger partial charge in [0, 0.05) is 51.5 Å². The summed E-state index contributed by atoms with van der Waals surface area (Å²) < 4.78 is 11.2. The minimum atomic E-state index is 0. The van der Waals surface area contributed by atoms with Crippen LogP contribution in [0.4, 0.5) is 0 Å². The van der Waals surface area contributed by atoms with Gasteiger partial charge in [-0.05, 0) is 51.0 Å². The zero-order chi connectivity index (χ0) is 20.3. The maximum Gasteiger partial charge on any atom is 0.191 e. The second-order valence-electron chi connectivity index (χ2n) is 8.16. The van der Waals surface area contributed by atoms with Crippen LogP contribution in [0.15, 0.2) is 29.3 Å². The molecule has 2 fully saturated rings. The summed E-state index contributed by atoms with van der Waals surface area (Å²) in [6.45, 7) is 8.70. The molecule has 1 heterocycles. The number of hydrogen-bond acceptors (Lipinski definition) is 4. The van der Waals surface area contributed by atoms with Gasteiger partial charge in [0.1, 0.15) is 5.75 Å². The molecule has 0 atom stereocenters. The SMILES string of the molecule is CCNC(=NCc1ccccc1OCC1CC1)NC1CCN(CCCOC)CC1.I. The van der Waals surface area contributed by atoms with Crippen molar-refractivity contribution in [3.8, 4) is 5.75 Å². The third-order valence-electron chi connectivity index (χ3n) is 5.65. The molecule has 2 N–H and O–H groups in total. The molecule has 0 amide bonds. The van der Waals surface area contributed by atoms with E-state index in [0.717, 1.165) is 81.8 Å². The topological polar surface area (TPSA) is 58.1 Å². The molecule has 0 radical (unpaired) electrons. The van der Waals surface area contributed by atoms with E-state index in [1.807, 2.05) is 6.07 Å². The van der Waals surface area contributed by atoms with Crippen molar-refractivity contribution in [3.05, 3.63) is 29.8 Å². The molecule has 1 aliphatic carbocycles. The number of ether oxygens (including phenoxy) is 2. The molecule has 3 rings (SSSR count). The largest absolute Gasteiger partial charge is 0.493 e. The highest BCUT2D eigenvalue weighted by molar-refractivity contribution is 14.0. The lowest BCUT2D eigenvalue weighted by atomic mass is 10.1. The summed E-state index contributed by atoms with van der Waals surface area (Å²) in [6, 6.07) is 8.77. The quantitative estimate of drug-likeness (QED) is 0.198. The normalized spacial score (nSPS) is 18.0. The van der Waals surface area contributed by atoms with Gasteiger partial charge in [-0.1, -0.05) is 18.2 Å². The fourth-order valence-electron chi connectivity index (χ4n) is 3.68. The molecular formula is C23H39IN4O2. The first-order chi connectivity index (χ1) is 14.3. The third kappa shape index (κ3) is 8.98. The number of hydrogen-bond donors (Lipinski definition) is 2. The van der Waals surface area contributed by atoms with E-state index < -0.39 is 0 Å². The highest BCUT2D eigenvalue weighted by Gasteiger charge is 2.22. The summed E-state index contributed by atoms with van der Waals surface area (Å²) >= 11 is 0. The molecule has 1 aromatic rings. The number of benzene rings is 1. The lowest BCUT2D eigenvalue weighted by Crippen LogP contribution is -2.48. The van der Waals surface area contributed by atoms with Gasteiger partial charge in [-0.3, -0.25) is 0 Å². The summed E-state index contributed by atoms with van der Waals surface area (Å²) in [5.74, 6) is 2.64. The first kappa shape index (κ1) is 25.2. The van der Waals surface area contributed by atoms with E-state index in [2.05, 4.69) is 40.7 Å². The number of methoxy groups -OCH3 is 1. The summed E-state index contributed by atoms with van der Waals surface area (Å²) in [5, 5.41) is 7.04. The van der Waals surface area contributed by atoms with Crippen LogP contribution in [-0.2, 0) is 11.3 Å². The van der Waals surface area contributed by atoms with Crippen LogP contribution < -0.4 is 15.4 Å². The molecule has 1 saturated carbocycles. The number of aliphatic imine (C=N–C) groups is 1. The first-order valence-corrected chi connectivity index (χ1v) is 11.2. The Balaban J connectivity index is 0.00000320. The Labute approximate surface area is 199 Å². The van der Waals surface area contributed by atoms with E-state index in [4.69, 9.17) is 14.5 Å². The van der Waals surface area contributed by atoms with Crippen LogP contribution in [-0.4, -0.2) is 63.4 Å². The Morgan fingerprint density at radius 2 is 1.93 bits per heavy atom. The van der Waals surface area contributed by atoms with Crippen molar-refractivity contribution in [2.45, 2.75) is 51.6 Å². The molecule has 1 aromatic carbocycles. The van der Waals surface area contributed by atoms with Crippen LogP contribution in [0.1, 0.15) is 44.6 Å². The fraction of sp³-hybridized carbons (Fsp3) is 0.696. The van der Waals surface area contributed by atoms with Crippen molar-refractivity contribution in [3.63, 3.8) is 0 Å². The summed E-state index contributed by atoms with van der Waals surface area (Å²) in [7, 11) is 1.77. The highest BCUT2D eigenvalue weighted by atomic mass is 127. The molecule has 0 bridgehead atoms. The predicted molar refractivity (Wildman–Crippen MR) is 134 cm³/mol. The molecule has 170 valence electrons. The standard InChI is InChI=1S/C23H38N4O2.HI/c1-3-24-23(26-21-11-14-27(15-12-21)13-6-16-28-2)25-17-20-7-4-5-8-22(20)29-18-19-9-10-19;/h4-5,7-8,19,21H,3,6,9-18H2,1-2H3,(H2,24,25,26);1H. The molecule has 1 aliphatic heterocycles. The minimum Gasteiger partial charge on any atom is -0.493 e. The van der Waals surface area contributed by atoms with Crippen LogP contribution in [0.25, 0.3) is 0 Å². The number of halogens is 1. The van der Waals surface area contributed by atoms with Crippen LogP contribution in [0.2, 0.25) is 0 Å². The Kier molecular flexibility index (Phi) is 11.8. The van der Waals surface area contributed by atoms with Crippen molar-refractivity contribution >= 4 is 29.9 Å². The van der Waals surface area contributed by atoms with Crippen molar-refractivity contribution in [1.82, 2.24) is 15.5 Å². The second kappa shape index (κ2) is 14.1. The number of nitrogens with one attached hydrogen (secondary N) is 2. The Morgan fingerprint density at radius 1 is 1.17 bits per heavy atom. The Hall–Kier alpha value is -1.06. The van der Waals surface area contributed by atoms with Gasteiger partial charge in [-0.25, -0.2) is 4.99 Å². The molecule has 1 saturated heterocycles. The summed E-state index contributed by atoms with van der Waals surface area (Å²) in [4.78, 5) is 7.38. The zero-order valence-corrected chi connectivity index (χ0v) is 20.9. The van der Waals surface area contributed by atoms with E-state index >= 15 is 0 Å². The second-order valence-corrected chi connectivity index (χ2v) is 8.16. The number of para-hydroxylation sites is 1. The number of nitrogens with zero attached hydrogens (tertiary/aromatic N) is 2. The van der Waals surface area contributed by atoms with Crippen molar-refractivity contribution in [2.75, 3.05) is 46.5 Å². The third-order valence-corrected chi connectivity index (χ3v) is 5.65. The van der Waals surface area contributed by atoms with E-state index in [9.17, 15) is 0 Å². The molecule has 6 nitrogen and oxygen atoms in total. The fourth-order valence-corrected chi connectivity index (χ4v) is 3.68. The zero-order valence-electron chi connectivity index (χ0n) is 18.6. The Morgan fingerprint density at radius 3 is 2.63 bits per heavy atom. The van der Waals surface area contributed by atoms with Crippen LogP contribution in [0, 0.1) is 5.92 Å². The average Bonchev–Trinajstić information content (AvgIpc) is 3.57. The molecule has 0 spiro atoms. The first-order valence-electron chi connectivity index (χ1n) is 11.2. The van der Waals surface area contributed by atoms with E-state index in [1.54, 1.807) is 7.11 Å². The molecule has 30 heavy (non-hydrogen) atoms. The lowest BCUT2D eigenvalue weighted by Gasteiger charge is -2.33. The van der Waals surface area contributed by atoms with Gasteiger partial charge < -0.3 is 25.0 Å². The van der Waals surface area contributed by atoms with Crippen molar-refractivity contribution in [1.29, 1.82) is 0 Å². The number of piperidine rings is 1. The molecule has 0 aromatic heterocycles. The number of guanidine groups is 1. The van der Waals surface area contributed by atoms with Crippen LogP contribution in [0.3, 0.4) is 0 Å². The summed E-state index contributed by atoms with van der Waals surface area (Å²) in [5.41, 5.74) is 1.15. The molecule has 2 aliphatic rings. The van der Waals surface area contributed by atoms with Gasteiger partial charge in [0.25, 0.3) is 0 Å². The van der Waals surface area contributed by atoms with Crippen molar-refractivity contribution < 1.29 is 9.47 Å². The van der Waals surface area contributed by atoms with E-state index in [1.165, 1.54) is 12.8 Å². The van der Waals surface area contributed by atoms with E-state index in [-0.39, 0.29) is 24.0 Å². The average molecular weight is 530 g/mol. The molecule has 7 heteroatoms. The maximum atomic E-state index is 6.03. The molecule has 0 unspecified atom stereocenters. The van der Waals surface area contributed by atoms with Gasteiger partial charge in [0.15, 0.2) is 5.96 Å². The highest BCUT2D eigenvalue weighted by Crippen LogP contribution is 2.30. The number of rotatable bonds is 11. The minimum absolute atomic E-state index is 0. The van der Waals surface area contributed by atoms with Gasteiger partial charge in [0.05, 0.1) is 13.2 Å². The van der Waals surface area contributed by atoms with Crippen LogP contribution in [0.5, 0.6) is 5.75 Å². The molecular weight excluding hydrogens is 491 g/mol. The van der Waals surface area contributed by atoms with Gasteiger partial charge >= 0.3 is 0 Å². The van der Waals surface area contributed by atoms with Gasteiger partial charge in [-0.15, -0.1) is 24.0 Å². The van der Waals surface area contributed by atoms with E-state index in [0.29, 0.717) is 12.6 Å². The number of likely N-dealkylation sites (tertiary alicyclic amines) is 1. The maximum absolute atomic E-state index is 6.03. The lowest BCUT2D eigenvalue weighted by molar-refractivity contribution is 0.155.